The van der Waals surface area contributed by atoms with Gasteiger partial charge in [-0.3, -0.25) is 4.79 Å². The molecule has 110 valence electrons. The summed E-state index contributed by atoms with van der Waals surface area (Å²) in [5.41, 5.74) is 0.305. The summed E-state index contributed by atoms with van der Waals surface area (Å²) in [4.78, 5) is 23.4. The molecule has 1 aromatic heterocycles. The van der Waals surface area contributed by atoms with Crippen molar-refractivity contribution in [1.29, 1.82) is 0 Å². The van der Waals surface area contributed by atoms with Gasteiger partial charge in [-0.15, -0.1) is 0 Å². The number of aromatic nitrogens is 1. The van der Waals surface area contributed by atoms with E-state index >= 15 is 0 Å². The van der Waals surface area contributed by atoms with E-state index in [2.05, 4.69) is 10.5 Å². The first-order chi connectivity index (χ1) is 10.1. The third-order valence-corrected chi connectivity index (χ3v) is 2.54. The highest BCUT2D eigenvalue weighted by molar-refractivity contribution is 5.95. The molecule has 0 bridgehead atoms. The number of hydrogen-bond donors (Lipinski definition) is 1. The van der Waals surface area contributed by atoms with E-state index in [0.717, 1.165) is 0 Å². The molecule has 21 heavy (non-hydrogen) atoms. The highest BCUT2D eigenvalue weighted by Crippen LogP contribution is 2.13. The maximum absolute atomic E-state index is 11.8. The highest BCUT2D eigenvalue weighted by atomic mass is 16.5. The Labute approximate surface area is 120 Å². The number of hydrogen-bond acceptors (Lipinski definition) is 6. The molecule has 2 rings (SSSR count). The average molecular weight is 290 g/mol. The number of esters is 1. The Morgan fingerprint density at radius 2 is 2.14 bits per heavy atom. The third-order valence-electron chi connectivity index (χ3n) is 2.54. The van der Waals surface area contributed by atoms with Crippen LogP contribution in [-0.2, 0) is 9.53 Å². The van der Waals surface area contributed by atoms with E-state index in [1.165, 1.54) is 13.2 Å². The zero-order valence-corrected chi connectivity index (χ0v) is 11.6. The number of benzene rings is 1. The van der Waals surface area contributed by atoms with Gasteiger partial charge in [-0.25, -0.2) is 4.79 Å². The van der Waals surface area contributed by atoms with Crippen LogP contribution >= 0.6 is 0 Å². The molecule has 0 aliphatic heterocycles. The fourth-order valence-corrected chi connectivity index (χ4v) is 1.57. The van der Waals surface area contributed by atoms with Crippen LogP contribution in [0, 0.1) is 6.92 Å². The van der Waals surface area contributed by atoms with Gasteiger partial charge in [0.25, 0.3) is 5.91 Å². The van der Waals surface area contributed by atoms with E-state index in [9.17, 15) is 9.59 Å². The van der Waals surface area contributed by atoms with Crippen molar-refractivity contribution in [3.63, 3.8) is 0 Å². The van der Waals surface area contributed by atoms with Crippen molar-refractivity contribution in [1.82, 2.24) is 5.16 Å². The van der Waals surface area contributed by atoms with Crippen LogP contribution in [0.2, 0.25) is 0 Å². The third kappa shape index (κ3) is 4.07. The Balaban J connectivity index is 1.87. The second-order valence-corrected chi connectivity index (χ2v) is 4.18. The van der Waals surface area contributed by atoms with Gasteiger partial charge in [0.15, 0.2) is 12.4 Å². The largest absolute Gasteiger partial charge is 0.497 e. The Morgan fingerprint density at radius 1 is 1.33 bits per heavy atom. The summed E-state index contributed by atoms with van der Waals surface area (Å²) >= 11 is 0. The van der Waals surface area contributed by atoms with Crippen LogP contribution in [0.5, 0.6) is 5.75 Å². The second-order valence-electron chi connectivity index (χ2n) is 4.18. The molecule has 0 unspecified atom stereocenters. The average Bonchev–Trinajstić information content (AvgIpc) is 2.90. The highest BCUT2D eigenvalue weighted by Gasteiger charge is 2.12. The number of rotatable bonds is 5. The van der Waals surface area contributed by atoms with Gasteiger partial charge in [0.05, 0.1) is 12.7 Å². The van der Waals surface area contributed by atoms with E-state index in [1.807, 2.05) is 0 Å². The van der Waals surface area contributed by atoms with E-state index in [1.54, 1.807) is 31.2 Å². The monoisotopic (exact) mass is 290 g/mol. The number of anilines is 1. The molecule has 1 N–H and O–H groups in total. The first-order valence-corrected chi connectivity index (χ1v) is 6.13. The molecular weight excluding hydrogens is 276 g/mol. The van der Waals surface area contributed by atoms with Crippen LogP contribution in [-0.4, -0.2) is 30.7 Å². The molecule has 1 aromatic carbocycles. The number of aryl methyl sites for hydroxylation is 1. The number of nitrogens with zero attached hydrogens (tertiary/aromatic N) is 1. The normalized spacial score (nSPS) is 10.0. The summed E-state index contributed by atoms with van der Waals surface area (Å²) in [6.07, 6.45) is 0. The molecule has 0 atom stereocenters. The zero-order chi connectivity index (χ0) is 15.2. The fraction of sp³-hybridized carbons (Fsp3) is 0.214. The molecule has 0 aliphatic rings. The van der Waals surface area contributed by atoms with Crippen molar-refractivity contribution in [2.75, 3.05) is 19.0 Å². The van der Waals surface area contributed by atoms with Crippen molar-refractivity contribution in [3.05, 3.63) is 41.7 Å². The predicted octanol–water partition coefficient (Wildman–Crippen LogP) is 1.79. The van der Waals surface area contributed by atoms with Crippen LogP contribution in [0.15, 0.2) is 34.9 Å². The van der Waals surface area contributed by atoms with Crippen molar-refractivity contribution in [2.45, 2.75) is 6.92 Å². The van der Waals surface area contributed by atoms with Crippen LogP contribution in [0.3, 0.4) is 0 Å². The first-order valence-electron chi connectivity index (χ1n) is 6.13. The van der Waals surface area contributed by atoms with Crippen molar-refractivity contribution in [3.8, 4) is 5.75 Å². The molecule has 0 saturated heterocycles. The van der Waals surface area contributed by atoms with E-state index in [0.29, 0.717) is 17.1 Å². The Kier molecular flexibility index (Phi) is 4.55. The summed E-state index contributed by atoms with van der Waals surface area (Å²) in [5, 5.41) is 6.05. The van der Waals surface area contributed by atoms with Crippen molar-refractivity contribution < 1.29 is 23.6 Å². The first kappa shape index (κ1) is 14.6. The summed E-state index contributed by atoms with van der Waals surface area (Å²) < 4.78 is 14.7. The lowest BCUT2D eigenvalue weighted by Crippen LogP contribution is -2.21. The van der Waals surface area contributed by atoms with Crippen LogP contribution in [0.1, 0.15) is 16.1 Å². The number of carbonyl (C=O) groups is 2. The molecule has 0 spiro atoms. The Morgan fingerprint density at radius 3 is 2.81 bits per heavy atom. The molecule has 7 heteroatoms. The number of ether oxygens (including phenoxy) is 2. The topological polar surface area (TPSA) is 90.7 Å². The molecule has 0 aliphatic carbocycles. The second kappa shape index (κ2) is 6.56. The van der Waals surface area contributed by atoms with Gasteiger partial charge in [-0.05, 0) is 25.1 Å². The lowest BCUT2D eigenvalue weighted by Gasteiger charge is -2.05. The standard InChI is InChI=1S/C14H14N2O5/c1-9-6-12(16-21-9)15-13(17)8-20-14(18)10-4-3-5-11(7-10)19-2/h3-7H,8H2,1-2H3,(H,15,16,17). The van der Waals surface area contributed by atoms with E-state index in [-0.39, 0.29) is 5.82 Å². The molecular formula is C14H14N2O5. The van der Waals surface area contributed by atoms with Gasteiger partial charge in [-0.2, -0.15) is 0 Å². The summed E-state index contributed by atoms with van der Waals surface area (Å²) in [5.74, 6) is 0.264. The molecule has 1 heterocycles. The quantitative estimate of drug-likeness (QED) is 0.844. The fourth-order valence-electron chi connectivity index (χ4n) is 1.57. The van der Waals surface area contributed by atoms with Crippen molar-refractivity contribution in [2.24, 2.45) is 0 Å². The summed E-state index contributed by atoms with van der Waals surface area (Å²) in [7, 11) is 1.50. The number of amides is 1. The van der Waals surface area contributed by atoms with Gasteiger partial charge in [0.1, 0.15) is 11.5 Å². The summed E-state index contributed by atoms with van der Waals surface area (Å²) in [6.45, 7) is 1.29. The minimum absolute atomic E-state index is 0.273. The SMILES string of the molecule is COc1cccc(C(=O)OCC(=O)Nc2cc(C)on2)c1. The van der Waals surface area contributed by atoms with Gasteiger partial charge in [-0.1, -0.05) is 11.2 Å². The maximum atomic E-state index is 11.8. The van der Waals surface area contributed by atoms with Crippen LogP contribution < -0.4 is 10.1 Å². The van der Waals surface area contributed by atoms with Gasteiger partial charge >= 0.3 is 5.97 Å². The van der Waals surface area contributed by atoms with Gasteiger partial charge in [0.2, 0.25) is 0 Å². The number of methoxy groups -OCH3 is 1. The molecule has 1 amide bonds. The van der Waals surface area contributed by atoms with E-state index < -0.39 is 18.5 Å². The molecule has 2 aromatic rings. The lowest BCUT2D eigenvalue weighted by atomic mass is 10.2. The number of carbonyl (C=O) groups excluding carboxylic acids is 2. The Hall–Kier alpha value is -2.83. The predicted molar refractivity (Wildman–Crippen MR) is 73.1 cm³/mol. The van der Waals surface area contributed by atoms with Crippen LogP contribution in [0.4, 0.5) is 5.82 Å². The molecule has 7 nitrogen and oxygen atoms in total. The minimum atomic E-state index is -0.611. The van der Waals surface area contributed by atoms with Crippen LogP contribution in [0.25, 0.3) is 0 Å². The maximum Gasteiger partial charge on any atom is 0.338 e. The molecule has 0 radical (unpaired) electrons. The van der Waals surface area contributed by atoms with Gasteiger partial charge < -0.3 is 19.3 Å². The number of nitrogens with one attached hydrogen (secondary N) is 1. The minimum Gasteiger partial charge on any atom is -0.497 e. The molecule has 0 saturated carbocycles. The van der Waals surface area contributed by atoms with Gasteiger partial charge in [0, 0.05) is 6.07 Å². The Bertz CT molecular complexity index is 650. The molecule has 0 fully saturated rings. The lowest BCUT2D eigenvalue weighted by molar-refractivity contribution is -0.119. The smallest absolute Gasteiger partial charge is 0.338 e. The van der Waals surface area contributed by atoms with Crippen molar-refractivity contribution >= 4 is 17.7 Å². The van der Waals surface area contributed by atoms with E-state index in [4.69, 9.17) is 14.0 Å². The summed E-state index contributed by atoms with van der Waals surface area (Å²) in [6, 6.07) is 8.02. The zero-order valence-electron chi connectivity index (χ0n) is 11.6.